The molecular weight excluding hydrogens is 943 g/mol. The fourth-order valence-electron chi connectivity index (χ4n) is 9.46. The second-order valence-electron chi connectivity index (χ2n) is 18.1. The Morgan fingerprint density at radius 3 is 0.933 bits per heavy atom. The van der Waals surface area contributed by atoms with Gasteiger partial charge in [-0.2, -0.15) is 0 Å². The minimum absolute atomic E-state index is 0.107. The third-order valence-electron chi connectivity index (χ3n) is 13.6. The first-order chi connectivity index (χ1) is 36.6. The molecule has 0 bridgehead atoms. The number of aromatic nitrogens is 6. The zero-order valence-electron chi connectivity index (χ0n) is 40.3. The van der Waals surface area contributed by atoms with Crippen LogP contribution in [0.5, 0.6) is 0 Å². The van der Waals surface area contributed by atoms with E-state index in [9.17, 15) is 14.4 Å². The summed E-state index contributed by atoms with van der Waals surface area (Å²) >= 11 is 0. The van der Waals surface area contributed by atoms with Crippen molar-refractivity contribution in [1.29, 1.82) is 0 Å². The minimum Gasteiger partial charge on any atom is -0.454 e. The zero-order chi connectivity index (χ0) is 50.9. The van der Waals surface area contributed by atoms with Crippen LogP contribution in [0.4, 0.5) is 17.1 Å². The van der Waals surface area contributed by atoms with Crippen molar-refractivity contribution < 1.29 is 27.6 Å². The Labute approximate surface area is 426 Å². The molecule has 0 N–H and O–H groups in total. The van der Waals surface area contributed by atoms with Gasteiger partial charge in [0.05, 0.1) is 52.7 Å². The Kier molecular flexibility index (Phi) is 10.5. The van der Waals surface area contributed by atoms with E-state index < -0.39 is 17.7 Å². The monoisotopic (exact) mass is 981 g/mol. The highest BCUT2D eigenvalue weighted by atomic mass is 16.3. The first-order valence-corrected chi connectivity index (χ1v) is 23.8. The molecule has 9 aromatic heterocycles. The van der Waals surface area contributed by atoms with E-state index >= 15 is 0 Å². The first kappa shape index (κ1) is 44.5. The number of furan rings is 3. The van der Waals surface area contributed by atoms with Crippen molar-refractivity contribution in [3.05, 3.63) is 199 Å². The number of benzene rings is 4. The second kappa shape index (κ2) is 17.7. The van der Waals surface area contributed by atoms with Crippen molar-refractivity contribution in [2.75, 3.05) is 35.8 Å². The maximum atomic E-state index is 14.6. The standard InChI is InChI=1S/C60H39N9O6/c1-67(40-13-19-46(64-31-40)34-10-16-43-52(28-34)73-49-7-4-22-61-55(43)49)58(70)37-25-38(59(71)68(2)41-14-20-47(65-32-41)35-11-17-44-53(29-35)74-50-8-5-23-62-56(44)50)27-39(26-37)60(72)69(3)42-15-21-48(66-33-42)36-12-18-45-54(30-36)75-51-9-6-24-63-57(45)51/h4-33H,1-3H3. The summed E-state index contributed by atoms with van der Waals surface area (Å²) in [7, 11) is 4.85. The molecule has 0 spiro atoms. The summed E-state index contributed by atoms with van der Waals surface area (Å²) in [5, 5.41) is 2.69. The number of carbonyl (C=O) groups excluding carboxylic acids is 3. The number of pyridine rings is 6. The van der Waals surface area contributed by atoms with Gasteiger partial charge in [-0.1, -0.05) is 18.2 Å². The Morgan fingerprint density at radius 1 is 0.347 bits per heavy atom. The number of hydrogen-bond acceptors (Lipinski definition) is 12. The summed E-state index contributed by atoms with van der Waals surface area (Å²) < 4.78 is 18.2. The summed E-state index contributed by atoms with van der Waals surface area (Å²) in [5.74, 6) is -1.41. The van der Waals surface area contributed by atoms with Crippen molar-refractivity contribution in [2.45, 2.75) is 0 Å². The van der Waals surface area contributed by atoms with Crippen LogP contribution in [0, 0.1) is 0 Å². The van der Waals surface area contributed by atoms with Gasteiger partial charge in [-0.25, -0.2) is 0 Å². The molecular formula is C60H39N9O6. The Bertz CT molecular complexity index is 3970. The second-order valence-corrected chi connectivity index (χ2v) is 18.1. The van der Waals surface area contributed by atoms with Gasteiger partial charge < -0.3 is 28.0 Å². The normalized spacial score (nSPS) is 11.6. The quantitative estimate of drug-likeness (QED) is 0.134. The molecule has 0 saturated heterocycles. The lowest BCUT2D eigenvalue weighted by molar-refractivity contribution is 0.0992. The van der Waals surface area contributed by atoms with Crippen LogP contribution >= 0.6 is 0 Å². The molecule has 0 fully saturated rings. The van der Waals surface area contributed by atoms with Crippen LogP contribution in [0.1, 0.15) is 31.1 Å². The number of nitrogens with zero attached hydrogens (tertiary/aromatic N) is 9. The van der Waals surface area contributed by atoms with Crippen LogP contribution in [-0.2, 0) is 0 Å². The van der Waals surface area contributed by atoms with Gasteiger partial charge in [0.15, 0.2) is 16.7 Å². The molecule has 4 aromatic carbocycles. The molecule has 0 saturated carbocycles. The van der Waals surface area contributed by atoms with Crippen molar-refractivity contribution in [3.8, 4) is 33.8 Å². The van der Waals surface area contributed by atoms with Crippen molar-refractivity contribution in [1.82, 2.24) is 29.9 Å². The molecule has 0 aliphatic heterocycles. The van der Waals surface area contributed by atoms with E-state index in [-0.39, 0.29) is 16.7 Å². The van der Waals surface area contributed by atoms with Crippen LogP contribution in [0.2, 0.25) is 0 Å². The van der Waals surface area contributed by atoms with Crippen molar-refractivity contribution in [3.63, 3.8) is 0 Å². The van der Waals surface area contributed by atoms with Gasteiger partial charge in [-0.15, -0.1) is 0 Å². The van der Waals surface area contributed by atoms with E-state index in [1.54, 1.807) is 76.5 Å². The number of amides is 3. The number of rotatable bonds is 9. The SMILES string of the molecule is CN(C(=O)c1cc(C(=O)N(C)c2ccc(-c3ccc4c(c3)oc3cccnc34)nc2)cc(C(=O)N(C)c2ccc(-c3ccc4c(c3)oc3cccnc34)nc2)c1)c1ccc(-c2ccc3c(c2)oc2cccnc23)nc1. The van der Waals surface area contributed by atoms with E-state index in [1.165, 1.54) is 32.9 Å². The van der Waals surface area contributed by atoms with E-state index in [4.69, 9.17) is 28.2 Å². The molecule has 75 heavy (non-hydrogen) atoms. The molecule has 0 radical (unpaired) electrons. The summed E-state index contributed by atoms with van der Waals surface area (Å²) in [6.07, 6.45) is 10.0. The Hall–Kier alpha value is -10.4. The Morgan fingerprint density at radius 2 is 0.653 bits per heavy atom. The predicted molar refractivity (Wildman–Crippen MR) is 289 cm³/mol. The molecule has 13 rings (SSSR count). The molecule has 0 atom stereocenters. The predicted octanol–water partition coefficient (Wildman–Crippen LogP) is 12.6. The molecule has 13 aromatic rings. The maximum Gasteiger partial charge on any atom is 0.258 e. The molecule has 15 heteroatoms. The molecule has 0 aliphatic rings. The van der Waals surface area contributed by atoms with E-state index in [2.05, 4.69) is 15.0 Å². The van der Waals surface area contributed by atoms with Crippen LogP contribution in [0.3, 0.4) is 0 Å². The lowest BCUT2D eigenvalue weighted by Crippen LogP contribution is -2.31. The highest BCUT2D eigenvalue weighted by Gasteiger charge is 2.25. The van der Waals surface area contributed by atoms with E-state index in [0.717, 1.165) is 49.4 Å². The van der Waals surface area contributed by atoms with Gasteiger partial charge in [0, 0.05) is 89.3 Å². The average molecular weight is 982 g/mol. The lowest BCUT2D eigenvalue weighted by Gasteiger charge is -2.22. The highest BCUT2D eigenvalue weighted by Crippen LogP contribution is 2.35. The molecule has 3 amide bonds. The molecule has 15 nitrogen and oxygen atoms in total. The fourth-order valence-corrected chi connectivity index (χ4v) is 9.46. The molecule has 360 valence electrons. The van der Waals surface area contributed by atoms with Crippen molar-refractivity contribution >= 4 is 101 Å². The number of anilines is 3. The number of hydrogen-bond donors (Lipinski definition) is 0. The first-order valence-electron chi connectivity index (χ1n) is 23.8. The molecule has 9 heterocycles. The topological polar surface area (TPSA) is 178 Å². The third kappa shape index (κ3) is 7.82. The van der Waals surface area contributed by atoms with E-state index in [1.807, 2.05) is 109 Å². The van der Waals surface area contributed by atoms with Crippen molar-refractivity contribution in [2.24, 2.45) is 0 Å². The summed E-state index contributed by atoms with van der Waals surface area (Å²) in [5.41, 5.74) is 12.7. The van der Waals surface area contributed by atoms with Gasteiger partial charge in [0.2, 0.25) is 0 Å². The number of fused-ring (bicyclic) bond motifs is 9. The van der Waals surface area contributed by atoms with Gasteiger partial charge in [-0.3, -0.25) is 44.3 Å². The smallest absolute Gasteiger partial charge is 0.258 e. The van der Waals surface area contributed by atoms with Crippen LogP contribution in [-0.4, -0.2) is 68.8 Å². The van der Waals surface area contributed by atoms with Crippen LogP contribution in [0.15, 0.2) is 196 Å². The minimum atomic E-state index is -0.471. The molecule has 0 unspecified atom stereocenters. The average Bonchev–Trinajstić information content (AvgIpc) is 4.16. The van der Waals surface area contributed by atoms with E-state index in [0.29, 0.717) is 67.6 Å². The molecule has 0 aliphatic carbocycles. The van der Waals surface area contributed by atoms with Gasteiger partial charge in [-0.05, 0) is 127 Å². The summed E-state index contributed by atoms with van der Waals surface area (Å²) in [6.45, 7) is 0. The van der Waals surface area contributed by atoms with Gasteiger partial charge in [0.1, 0.15) is 33.3 Å². The van der Waals surface area contributed by atoms with Gasteiger partial charge in [0.25, 0.3) is 17.7 Å². The highest BCUT2D eigenvalue weighted by molar-refractivity contribution is 6.14. The summed E-state index contributed by atoms with van der Waals surface area (Å²) in [4.78, 5) is 75.5. The van der Waals surface area contributed by atoms with Crippen LogP contribution < -0.4 is 14.7 Å². The zero-order valence-corrected chi connectivity index (χ0v) is 40.3. The Balaban J connectivity index is 0.793. The largest absolute Gasteiger partial charge is 0.454 e. The third-order valence-corrected chi connectivity index (χ3v) is 13.6. The van der Waals surface area contributed by atoms with Gasteiger partial charge >= 0.3 is 0 Å². The maximum absolute atomic E-state index is 14.6. The lowest BCUT2D eigenvalue weighted by atomic mass is 10.0. The number of carbonyl (C=O) groups is 3. The summed E-state index contributed by atoms with van der Waals surface area (Å²) in [6, 6.07) is 43.9. The van der Waals surface area contributed by atoms with Crippen LogP contribution in [0.25, 0.3) is 100.0 Å². The fraction of sp³-hybridized carbons (Fsp3) is 0.0500.